The van der Waals surface area contributed by atoms with Crippen molar-refractivity contribution in [1.82, 2.24) is 9.55 Å². The number of halogens is 3. The van der Waals surface area contributed by atoms with Gasteiger partial charge in [0.25, 0.3) is 0 Å². The van der Waals surface area contributed by atoms with E-state index >= 15 is 0 Å². The van der Waals surface area contributed by atoms with Gasteiger partial charge in [0.2, 0.25) is 5.95 Å². The average molecular weight is 421 g/mol. The van der Waals surface area contributed by atoms with Crippen molar-refractivity contribution in [2.24, 2.45) is 0 Å². The number of carbonyl (C=O) groups is 1. The van der Waals surface area contributed by atoms with Gasteiger partial charge >= 0.3 is 5.97 Å². The van der Waals surface area contributed by atoms with Crippen LogP contribution in [0.3, 0.4) is 0 Å². The lowest BCUT2D eigenvalue weighted by molar-refractivity contribution is 0.0695. The third-order valence-corrected chi connectivity index (χ3v) is 5.04. The van der Waals surface area contributed by atoms with Crippen molar-refractivity contribution in [3.63, 3.8) is 0 Å². The van der Waals surface area contributed by atoms with Crippen molar-refractivity contribution in [2.75, 3.05) is 0 Å². The molecule has 5 nitrogen and oxygen atoms in total. The van der Waals surface area contributed by atoms with E-state index in [9.17, 15) is 19.1 Å². The van der Waals surface area contributed by atoms with Gasteiger partial charge in [0, 0.05) is 36.5 Å². The van der Waals surface area contributed by atoms with Crippen LogP contribution >= 0.6 is 23.2 Å². The first-order valence-electron chi connectivity index (χ1n) is 8.37. The van der Waals surface area contributed by atoms with Gasteiger partial charge in [-0.1, -0.05) is 29.3 Å². The second kappa shape index (κ2) is 8.12. The maximum absolute atomic E-state index is 13.4. The number of benzene rings is 1. The van der Waals surface area contributed by atoms with Crippen LogP contribution in [0.2, 0.25) is 10.0 Å². The lowest BCUT2D eigenvalue weighted by Gasteiger charge is -2.20. The highest BCUT2D eigenvalue weighted by atomic mass is 35.5. The van der Waals surface area contributed by atoms with Crippen LogP contribution in [-0.4, -0.2) is 20.6 Å². The molecule has 8 heteroatoms. The van der Waals surface area contributed by atoms with E-state index in [0.717, 1.165) is 0 Å². The first kappa shape index (κ1) is 20.0. The van der Waals surface area contributed by atoms with Crippen molar-refractivity contribution in [3.05, 3.63) is 85.6 Å². The van der Waals surface area contributed by atoms with Crippen LogP contribution in [0.4, 0.5) is 4.39 Å². The minimum atomic E-state index is -1.34. The van der Waals surface area contributed by atoms with Crippen LogP contribution in [0.15, 0.2) is 47.4 Å². The highest BCUT2D eigenvalue weighted by molar-refractivity contribution is 6.42. The number of aromatic carboxylic acids is 1. The number of hydrogen-bond donors (Lipinski definition) is 1. The Morgan fingerprint density at radius 1 is 1.18 bits per heavy atom. The molecule has 3 aromatic rings. The lowest BCUT2D eigenvalue weighted by Crippen LogP contribution is -2.23. The molecule has 0 saturated carbocycles. The lowest BCUT2D eigenvalue weighted by atomic mass is 10.0. The Morgan fingerprint density at radius 3 is 2.54 bits per heavy atom. The van der Waals surface area contributed by atoms with E-state index in [1.807, 2.05) is 6.92 Å². The molecule has 28 heavy (non-hydrogen) atoms. The first-order chi connectivity index (χ1) is 13.3. The summed E-state index contributed by atoms with van der Waals surface area (Å²) in [6.45, 7) is 2.22. The number of hydrogen-bond acceptors (Lipinski definition) is 3. The molecule has 0 fully saturated rings. The summed E-state index contributed by atoms with van der Waals surface area (Å²) < 4.78 is 15.2. The van der Waals surface area contributed by atoms with Crippen molar-refractivity contribution in [2.45, 2.75) is 19.9 Å². The Morgan fingerprint density at radius 2 is 1.93 bits per heavy atom. The Hall–Kier alpha value is -2.70. The van der Waals surface area contributed by atoms with Gasteiger partial charge in [-0.15, -0.1) is 0 Å². The molecule has 1 aromatic carbocycles. The standard InChI is InChI=1S/C20H15Cl2FN2O3/c1-2-25-13(7-11-5-6-24-17(23)8-11)10-16(26)18(20(27)28)19(25)12-3-4-14(21)15(22)9-12/h3-6,8-10H,2,7H2,1H3,(H,27,28). The van der Waals surface area contributed by atoms with E-state index in [-0.39, 0.29) is 22.7 Å². The van der Waals surface area contributed by atoms with E-state index in [1.54, 1.807) is 22.8 Å². The fraction of sp³-hybridized carbons (Fsp3) is 0.150. The summed E-state index contributed by atoms with van der Waals surface area (Å²) in [4.78, 5) is 28.0. The largest absolute Gasteiger partial charge is 0.477 e. The van der Waals surface area contributed by atoms with Gasteiger partial charge in [-0.05, 0) is 36.8 Å². The molecule has 2 heterocycles. The van der Waals surface area contributed by atoms with Crippen LogP contribution in [0.25, 0.3) is 11.3 Å². The molecule has 0 aliphatic carbocycles. The molecular formula is C20H15Cl2FN2O3. The molecule has 0 aliphatic heterocycles. The van der Waals surface area contributed by atoms with E-state index < -0.39 is 17.3 Å². The summed E-state index contributed by atoms with van der Waals surface area (Å²) in [6, 6.07) is 8.85. The van der Waals surface area contributed by atoms with E-state index in [4.69, 9.17) is 23.2 Å². The van der Waals surface area contributed by atoms with Crippen molar-refractivity contribution >= 4 is 29.2 Å². The zero-order valence-corrected chi connectivity index (χ0v) is 16.3. The number of nitrogens with zero attached hydrogens (tertiary/aromatic N) is 2. The monoisotopic (exact) mass is 420 g/mol. The molecule has 0 unspecified atom stereocenters. The number of carboxylic acids is 1. The first-order valence-corrected chi connectivity index (χ1v) is 9.13. The van der Waals surface area contributed by atoms with Crippen molar-refractivity contribution in [3.8, 4) is 11.3 Å². The predicted molar refractivity (Wildman–Crippen MR) is 106 cm³/mol. The van der Waals surface area contributed by atoms with Crippen LogP contribution in [-0.2, 0) is 13.0 Å². The third kappa shape index (κ3) is 3.93. The molecule has 2 aromatic heterocycles. The SMILES string of the molecule is CCn1c(Cc2ccnc(F)c2)cc(=O)c(C(=O)O)c1-c1ccc(Cl)c(Cl)c1. The molecule has 1 N–H and O–H groups in total. The second-order valence-electron chi connectivity index (χ2n) is 6.07. The summed E-state index contributed by atoms with van der Waals surface area (Å²) in [6.07, 6.45) is 1.57. The molecule has 0 radical (unpaired) electrons. The molecule has 0 amide bonds. The smallest absolute Gasteiger partial charge is 0.341 e. The second-order valence-corrected chi connectivity index (χ2v) is 6.88. The maximum Gasteiger partial charge on any atom is 0.341 e. The van der Waals surface area contributed by atoms with E-state index in [0.29, 0.717) is 28.4 Å². The van der Waals surface area contributed by atoms with Crippen LogP contribution in [0, 0.1) is 5.95 Å². The molecule has 0 spiro atoms. The van der Waals surface area contributed by atoms with Gasteiger partial charge < -0.3 is 9.67 Å². The molecule has 0 saturated heterocycles. The highest BCUT2D eigenvalue weighted by Crippen LogP contribution is 2.31. The summed E-state index contributed by atoms with van der Waals surface area (Å²) in [5.74, 6) is -1.97. The van der Waals surface area contributed by atoms with Crippen molar-refractivity contribution < 1.29 is 14.3 Å². The van der Waals surface area contributed by atoms with Gasteiger partial charge in [-0.25, -0.2) is 9.78 Å². The average Bonchev–Trinajstić information content (AvgIpc) is 2.63. The molecule has 0 aliphatic rings. The minimum Gasteiger partial charge on any atom is -0.477 e. The molecule has 0 bridgehead atoms. The number of carboxylic acid groups (broad SMARTS) is 1. The van der Waals surface area contributed by atoms with Crippen LogP contribution in [0.5, 0.6) is 0 Å². The third-order valence-electron chi connectivity index (χ3n) is 4.30. The summed E-state index contributed by atoms with van der Waals surface area (Å²) in [5.41, 5.74) is 0.841. The van der Waals surface area contributed by atoms with Gasteiger partial charge in [0.1, 0.15) is 5.56 Å². The predicted octanol–water partition coefficient (Wildman–Crippen LogP) is 4.67. The van der Waals surface area contributed by atoms with Crippen LogP contribution < -0.4 is 5.43 Å². The Labute approximate surface area is 170 Å². The molecule has 144 valence electrons. The summed E-state index contributed by atoms with van der Waals surface area (Å²) in [7, 11) is 0. The minimum absolute atomic E-state index is 0.227. The molecule has 0 atom stereocenters. The highest BCUT2D eigenvalue weighted by Gasteiger charge is 2.22. The van der Waals surface area contributed by atoms with E-state index in [1.165, 1.54) is 24.4 Å². The summed E-state index contributed by atoms with van der Waals surface area (Å²) >= 11 is 12.1. The zero-order chi connectivity index (χ0) is 20.4. The van der Waals surface area contributed by atoms with Gasteiger partial charge in [-0.2, -0.15) is 4.39 Å². The fourth-order valence-electron chi connectivity index (χ4n) is 3.12. The fourth-order valence-corrected chi connectivity index (χ4v) is 3.41. The Bertz CT molecular complexity index is 1130. The topological polar surface area (TPSA) is 72.2 Å². The van der Waals surface area contributed by atoms with Gasteiger partial charge in [0.15, 0.2) is 5.43 Å². The number of rotatable bonds is 5. The Balaban J connectivity index is 2.28. The normalized spacial score (nSPS) is 10.9. The quantitative estimate of drug-likeness (QED) is 0.608. The number of aromatic nitrogens is 2. The number of pyridine rings is 2. The van der Waals surface area contributed by atoms with Crippen LogP contribution in [0.1, 0.15) is 28.5 Å². The van der Waals surface area contributed by atoms with Gasteiger partial charge in [-0.3, -0.25) is 4.79 Å². The van der Waals surface area contributed by atoms with Crippen molar-refractivity contribution in [1.29, 1.82) is 0 Å². The maximum atomic E-state index is 13.4. The Kier molecular flexibility index (Phi) is 5.82. The zero-order valence-electron chi connectivity index (χ0n) is 14.7. The van der Waals surface area contributed by atoms with Gasteiger partial charge in [0.05, 0.1) is 15.7 Å². The molecular weight excluding hydrogens is 406 g/mol. The van der Waals surface area contributed by atoms with E-state index in [2.05, 4.69) is 4.98 Å². The molecule has 3 rings (SSSR count). The summed E-state index contributed by atoms with van der Waals surface area (Å²) in [5, 5.41) is 10.2.